The Bertz CT molecular complexity index is 996. The predicted molar refractivity (Wildman–Crippen MR) is 123 cm³/mol. The van der Waals surface area contributed by atoms with Crippen molar-refractivity contribution in [3.63, 3.8) is 0 Å². The van der Waals surface area contributed by atoms with Gasteiger partial charge in [0, 0.05) is 45.2 Å². The normalized spacial score (nSPS) is 19.3. The molecule has 2 fully saturated rings. The third kappa shape index (κ3) is 4.92. The molecule has 2 heterocycles. The summed E-state index contributed by atoms with van der Waals surface area (Å²) >= 11 is 0. The Morgan fingerprint density at radius 3 is 2.16 bits per heavy atom. The number of piperazine rings is 1. The molecule has 0 bridgehead atoms. The van der Waals surface area contributed by atoms with Gasteiger partial charge in [0.1, 0.15) is 0 Å². The van der Waals surface area contributed by atoms with E-state index in [1.54, 1.807) is 30.3 Å². The SMILES string of the molecule is CN1CCN(c2ccccc2NC(=O)C2CCN(S(=O)(=O)c3ccccc3)CC2)CC1. The maximum atomic E-state index is 13.0. The molecule has 0 spiro atoms. The van der Waals surface area contributed by atoms with Gasteiger partial charge >= 0.3 is 0 Å². The van der Waals surface area contributed by atoms with Crippen molar-refractivity contribution in [3.05, 3.63) is 54.6 Å². The van der Waals surface area contributed by atoms with Crippen LogP contribution in [0, 0.1) is 5.92 Å². The lowest BCUT2D eigenvalue weighted by Gasteiger charge is -2.35. The van der Waals surface area contributed by atoms with Gasteiger partial charge < -0.3 is 15.1 Å². The monoisotopic (exact) mass is 442 g/mol. The molecule has 7 nitrogen and oxygen atoms in total. The van der Waals surface area contributed by atoms with E-state index in [2.05, 4.69) is 28.2 Å². The maximum absolute atomic E-state index is 13.0. The highest BCUT2D eigenvalue weighted by Gasteiger charge is 2.32. The minimum Gasteiger partial charge on any atom is -0.367 e. The molecule has 166 valence electrons. The van der Waals surface area contributed by atoms with Gasteiger partial charge in [0.2, 0.25) is 15.9 Å². The van der Waals surface area contributed by atoms with Crippen LogP contribution in [-0.2, 0) is 14.8 Å². The van der Waals surface area contributed by atoms with Crippen molar-refractivity contribution in [3.8, 4) is 0 Å². The van der Waals surface area contributed by atoms with Gasteiger partial charge in [-0.05, 0) is 44.2 Å². The standard InChI is InChI=1S/C23H30N4O3S/c1-25-15-17-26(18-16-25)22-10-6-5-9-21(22)24-23(28)19-11-13-27(14-12-19)31(29,30)20-7-3-2-4-8-20/h2-10,19H,11-18H2,1H3,(H,24,28). The number of carbonyl (C=O) groups excluding carboxylic acids is 1. The average molecular weight is 443 g/mol. The summed E-state index contributed by atoms with van der Waals surface area (Å²) in [5, 5.41) is 3.11. The van der Waals surface area contributed by atoms with E-state index in [-0.39, 0.29) is 11.8 Å². The Kier molecular flexibility index (Phi) is 6.60. The summed E-state index contributed by atoms with van der Waals surface area (Å²) in [5.41, 5.74) is 1.88. The summed E-state index contributed by atoms with van der Waals surface area (Å²) in [6.45, 7) is 4.57. The molecule has 0 aliphatic carbocycles. The van der Waals surface area contributed by atoms with Gasteiger partial charge in [-0.1, -0.05) is 30.3 Å². The van der Waals surface area contributed by atoms with E-state index in [0.29, 0.717) is 30.8 Å². The number of carbonyl (C=O) groups is 1. The molecule has 0 aromatic heterocycles. The minimum atomic E-state index is -3.50. The Balaban J connectivity index is 1.38. The molecule has 0 atom stereocenters. The van der Waals surface area contributed by atoms with Crippen molar-refractivity contribution in [2.24, 2.45) is 5.92 Å². The van der Waals surface area contributed by atoms with Crippen LogP contribution in [0.5, 0.6) is 0 Å². The van der Waals surface area contributed by atoms with Crippen LogP contribution in [0.4, 0.5) is 11.4 Å². The smallest absolute Gasteiger partial charge is 0.243 e. The second kappa shape index (κ2) is 9.38. The number of sulfonamides is 1. The molecule has 1 N–H and O–H groups in total. The molecule has 4 rings (SSSR count). The zero-order valence-corrected chi connectivity index (χ0v) is 18.7. The Labute approximate surface area is 184 Å². The molecule has 2 saturated heterocycles. The second-order valence-corrected chi connectivity index (χ2v) is 10.2. The largest absolute Gasteiger partial charge is 0.367 e. The Morgan fingerprint density at radius 2 is 1.48 bits per heavy atom. The van der Waals surface area contributed by atoms with Crippen LogP contribution in [0.25, 0.3) is 0 Å². The highest BCUT2D eigenvalue weighted by atomic mass is 32.2. The van der Waals surface area contributed by atoms with Crippen LogP contribution in [0.3, 0.4) is 0 Å². The lowest BCUT2D eigenvalue weighted by Crippen LogP contribution is -2.45. The van der Waals surface area contributed by atoms with E-state index in [1.807, 2.05) is 18.2 Å². The number of rotatable bonds is 5. The van der Waals surface area contributed by atoms with E-state index in [0.717, 1.165) is 37.6 Å². The molecule has 0 radical (unpaired) electrons. The number of nitrogens with zero attached hydrogens (tertiary/aromatic N) is 3. The van der Waals surface area contributed by atoms with Crippen molar-refractivity contribution in [2.75, 3.05) is 56.5 Å². The highest BCUT2D eigenvalue weighted by Crippen LogP contribution is 2.29. The fourth-order valence-electron chi connectivity index (χ4n) is 4.24. The molecule has 1 amide bonds. The van der Waals surface area contributed by atoms with Crippen LogP contribution >= 0.6 is 0 Å². The number of piperidine rings is 1. The number of para-hydroxylation sites is 2. The highest BCUT2D eigenvalue weighted by molar-refractivity contribution is 7.89. The van der Waals surface area contributed by atoms with E-state index in [4.69, 9.17) is 0 Å². The van der Waals surface area contributed by atoms with E-state index in [9.17, 15) is 13.2 Å². The van der Waals surface area contributed by atoms with Gasteiger partial charge in [-0.25, -0.2) is 8.42 Å². The zero-order chi connectivity index (χ0) is 21.8. The summed E-state index contributed by atoms with van der Waals surface area (Å²) in [6.07, 6.45) is 1.04. The Hall–Kier alpha value is -2.42. The van der Waals surface area contributed by atoms with E-state index in [1.165, 1.54) is 4.31 Å². The van der Waals surface area contributed by atoms with Gasteiger partial charge in [-0.2, -0.15) is 4.31 Å². The van der Waals surface area contributed by atoms with Crippen LogP contribution in [0.2, 0.25) is 0 Å². The number of likely N-dealkylation sites (N-methyl/N-ethyl adjacent to an activating group) is 1. The predicted octanol–water partition coefficient (Wildman–Crippen LogP) is 2.48. The fraction of sp³-hybridized carbons (Fsp3) is 0.435. The van der Waals surface area contributed by atoms with Crippen LogP contribution in [0.1, 0.15) is 12.8 Å². The van der Waals surface area contributed by atoms with Gasteiger partial charge in [0.05, 0.1) is 16.3 Å². The van der Waals surface area contributed by atoms with Gasteiger partial charge in [0.15, 0.2) is 0 Å². The van der Waals surface area contributed by atoms with E-state index < -0.39 is 10.0 Å². The number of benzene rings is 2. The molecule has 8 heteroatoms. The summed E-state index contributed by atoms with van der Waals surface area (Å²) in [5.74, 6) is -0.221. The van der Waals surface area contributed by atoms with Crippen LogP contribution in [-0.4, -0.2) is 69.8 Å². The third-order valence-corrected chi connectivity index (χ3v) is 8.12. The van der Waals surface area contributed by atoms with Gasteiger partial charge in [-0.3, -0.25) is 4.79 Å². The molecule has 0 unspecified atom stereocenters. The number of anilines is 2. The molecular weight excluding hydrogens is 412 g/mol. The molecule has 2 aromatic rings. The number of hydrogen-bond donors (Lipinski definition) is 1. The van der Waals surface area contributed by atoms with E-state index >= 15 is 0 Å². The second-order valence-electron chi connectivity index (χ2n) is 8.29. The Morgan fingerprint density at radius 1 is 0.871 bits per heavy atom. The lowest BCUT2D eigenvalue weighted by atomic mass is 9.97. The molecule has 2 aliphatic rings. The van der Waals surface area contributed by atoms with Crippen LogP contribution in [0.15, 0.2) is 59.5 Å². The third-order valence-electron chi connectivity index (χ3n) is 6.21. The zero-order valence-electron chi connectivity index (χ0n) is 17.9. The number of amides is 1. The van der Waals surface area contributed by atoms with Crippen LogP contribution < -0.4 is 10.2 Å². The summed E-state index contributed by atoms with van der Waals surface area (Å²) in [4.78, 5) is 17.9. The minimum absolute atomic E-state index is 0.0293. The first-order valence-electron chi connectivity index (χ1n) is 10.8. The van der Waals surface area contributed by atoms with Crippen molar-refractivity contribution < 1.29 is 13.2 Å². The molecule has 2 aliphatic heterocycles. The van der Waals surface area contributed by atoms with Crippen molar-refractivity contribution in [1.82, 2.24) is 9.21 Å². The van der Waals surface area contributed by atoms with Gasteiger partial charge in [0.25, 0.3) is 0 Å². The summed E-state index contributed by atoms with van der Waals surface area (Å²) < 4.78 is 27.1. The molecule has 31 heavy (non-hydrogen) atoms. The average Bonchev–Trinajstić information content (AvgIpc) is 2.81. The quantitative estimate of drug-likeness (QED) is 0.770. The maximum Gasteiger partial charge on any atom is 0.243 e. The van der Waals surface area contributed by atoms with Crippen molar-refractivity contribution in [1.29, 1.82) is 0 Å². The summed E-state index contributed by atoms with van der Waals surface area (Å²) in [6, 6.07) is 16.4. The first-order valence-corrected chi connectivity index (χ1v) is 12.3. The fourth-order valence-corrected chi connectivity index (χ4v) is 5.73. The van der Waals surface area contributed by atoms with Gasteiger partial charge in [-0.15, -0.1) is 0 Å². The first-order chi connectivity index (χ1) is 14.9. The molecule has 2 aromatic carbocycles. The molecular formula is C23H30N4O3S. The number of nitrogens with one attached hydrogen (secondary N) is 1. The first kappa shape index (κ1) is 21.8. The lowest BCUT2D eigenvalue weighted by molar-refractivity contribution is -0.120. The number of hydrogen-bond acceptors (Lipinski definition) is 5. The molecule has 0 saturated carbocycles. The summed E-state index contributed by atoms with van der Waals surface area (Å²) in [7, 11) is -1.38. The topological polar surface area (TPSA) is 73.0 Å². The van der Waals surface area contributed by atoms with Crippen molar-refractivity contribution >= 4 is 27.3 Å². The van der Waals surface area contributed by atoms with Crippen molar-refractivity contribution in [2.45, 2.75) is 17.7 Å².